The van der Waals surface area contributed by atoms with E-state index in [1.54, 1.807) is 0 Å². The van der Waals surface area contributed by atoms with Gasteiger partial charge < -0.3 is 16.2 Å². The number of rotatable bonds is 15. The Bertz CT molecular complexity index is 270. The number of nitrogens with one attached hydrogen (secondary N) is 1. The van der Waals surface area contributed by atoms with Crippen LogP contribution >= 0.6 is 0 Å². The second-order valence-corrected chi connectivity index (χ2v) is 5.57. The second kappa shape index (κ2) is 15.3. The molecule has 1 amide bonds. The Kier molecular flexibility index (Phi) is 14.5. The fourth-order valence-corrected chi connectivity index (χ4v) is 2.21. The summed E-state index contributed by atoms with van der Waals surface area (Å²) >= 11 is 0. The van der Waals surface area contributed by atoms with Crippen LogP contribution in [0, 0.1) is 0 Å². The summed E-state index contributed by atoms with van der Waals surface area (Å²) < 4.78 is 0. The van der Waals surface area contributed by atoms with Crippen LogP contribution in [-0.2, 0) is 9.59 Å². The molecule has 0 saturated carbocycles. The minimum atomic E-state index is -0.713. The van der Waals surface area contributed by atoms with Crippen LogP contribution in [-0.4, -0.2) is 30.1 Å². The maximum Gasteiger partial charge on any atom is 0.303 e. The number of carboxylic acids is 1. The first-order valence-corrected chi connectivity index (χ1v) is 8.35. The zero-order valence-corrected chi connectivity index (χ0v) is 13.2. The van der Waals surface area contributed by atoms with Crippen LogP contribution in [0.3, 0.4) is 0 Å². The highest BCUT2D eigenvalue weighted by Gasteiger charge is 2.01. The summed E-state index contributed by atoms with van der Waals surface area (Å²) in [5.41, 5.74) is 5.42. The quantitative estimate of drug-likeness (QED) is 0.405. The summed E-state index contributed by atoms with van der Waals surface area (Å²) in [5.74, 6) is -0.561. The third-order valence-electron chi connectivity index (χ3n) is 3.50. The molecule has 0 aliphatic heterocycles. The molecule has 5 nitrogen and oxygen atoms in total. The zero-order valence-electron chi connectivity index (χ0n) is 13.2. The van der Waals surface area contributed by atoms with Gasteiger partial charge >= 0.3 is 5.97 Å². The van der Waals surface area contributed by atoms with Gasteiger partial charge in [0.25, 0.3) is 0 Å². The molecular weight excluding hydrogens is 268 g/mol. The van der Waals surface area contributed by atoms with Crippen molar-refractivity contribution in [3.8, 4) is 0 Å². The van der Waals surface area contributed by atoms with Crippen molar-refractivity contribution < 1.29 is 14.7 Å². The minimum Gasteiger partial charge on any atom is -0.481 e. The molecule has 0 saturated heterocycles. The number of hydrogen-bond donors (Lipinski definition) is 3. The molecule has 0 fully saturated rings. The van der Waals surface area contributed by atoms with Gasteiger partial charge in [0.1, 0.15) is 0 Å². The van der Waals surface area contributed by atoms with Crippen LogP contribution in [0.25, 0.3) is 0 Å². The first-order valence-electron chi connectivity index (χ1n) is 8.35. The summed E-state index contributed by atoms with van der Waals surface area (Å²) in [6.07, 6.45) is 11.1. The number of amides is 1. The highest BCUT2D eigenvalue weighted by Crippen LogP contribution is 2.08. The molecule has 0 bridgehead atoms. The van der Waals surface area contributed by atoms with E-state index in [4.69, 9.17) is 10.8 Å². The highest BCUT2D eigenvalue weighted by atomic mass is 16.4. The van der Waals surface area contributed by atoms with Crippen molar-refractivity contribution in [2.75, 3.05) is 13.1 Å². The van der Waals surface area contributed by atoms with Crippen LogP contribution in [0.1, 0.15) is 77.0 Å². The fraction of sp³-hybridized carbons (Fsp3) is 0.875. The maximum atomic E-state index is 11.5. The van der Waals surface area contributed by atoms with Gasteiger partial charge in [-0.25, -0.2) is 0 Å². The van der Waals surface area contributed by atoms with Gasteiger partial charge in [0.2, 0.25) is 5.91 Å². The molecule has 5 heteroatoms. The van der Waals surface area contributed by atoms with Crippen LogP contribution in [0.2, 0.25) is 0 Å². The fourth-order valence-electron chi connectivity index (χ4n) is 2.21. The Balaban J connectivity index is 3.17. The number of unbranched alkanes of at least 4 members (excludes halogenated alkanes) is 8. The van der Waals surface area contributed by atoms with E-state index in [2.05, 4.69) is 5.32 Å². The van der Waals surface area contributed by atoms with Gasteiger partial charge in [-0.2, -0.15) is 0 Å². The first-order chi connectivity index (χ1) is 10.2. The Morgan fingerprint density at radius 3 is 1.90 bits per heavy atom. The van der Waals surface area contributed by atoms with Crippen molar-refractivity contribution in [1.29, 1.82) is 0 Å². The Hall–Kier alpha value is -1.10. The molecular formula is C16H32N2O3. The van der Waals surface area contributed by atoms with Gasteiger partial charge in [-0.05, 0) is 32.2 Å². The van der Waals surface area contributed by atoms with Crippen LogP contribution in [0.5, 0.6) is 0 Å². The molecule has 0 radical (unpaired) electrons. The van der Waals surface area contributed by atoms with Crippen molar-refractivity contribution in [3.63, 3.8) is 0 Å². The molecule has 0 atom stereocenters. The van der Waals surface area contributed by atoms with E-state index < -0.39 is 5.97 Å². The van der Waals surface area contributed by atoms with E-state index >= 15 is 0 Å². The van der Waals surface area contributed by atoms with E-state index in [1.807, 2.05) is 0 Å². The van der Waals surface area contributed by atoms with E-state index in [9.17, 15) is 9.59 Å². The lowest BCUT2D eigenvalue weighted by atomic mass is 10.1. The lowest BCUT2D eigenvalue weighted by Gasteiger charge is -2.05. The van der Waals surface area contributed by atoms with Crippen LogP contribution < -0.4 is 11.1 Å². The van der Waals surface area contributed by atoms with Crippen LogP contribution in [0.15, 0.2) is 0 Å². The first kappa shape index (κ1) is 19.9. The summed E-state index contributed by atoms with van der Waals surface area (Å²) in [4.78, 5) is 21.9. The molecule has 0 aromatic carbocycles. The average Bonchev–Trinajstić information content (AvgIpc) is 2.45. The molecule has 0 aliphatic rings. The molecule has 0 aliphatic carbocycles. The predicted octanol–water partition coefficient (Wildman–Crippen LogP) is 2.83. The van der Waals surface area contributed by atoms with Gasteiger partial charge in [0.15, 0.2) is 0 Å². The summed E-state index contributed by atoms with van der Waals surface area (Å²) in [6, 6.07) is 0. The van der Waals surface area contributed by atoms with Gasteiger partial charge in [-0.3, -0.25) is 9.59 Å². The van der Waals surface area contributed by atoms with Crippen molar-refractivity contribution in [2.45, 2.75) is 77.0 Å². The van der Waals surface area contributed by atoms with Crippen LogP contribution in [0.4, 0.5) is 0 Å². The van der Waals surface area contributed by atoms with E-state index in [1.165, 1.54) is 0 Å². The monoisotopic (exact) mass is 300 g/mol. The van der Waals surface area contributed by atoms with Gasteiger partial charge in [0, 0.05) is 19.4 Å². The molecule has 0 rings (SSSR count). The van der Waals surface area contributed by atoms with Crippen molar-refractivity contribution in [1.82, 2.24) is 5.32 Å². The third-order valence-corrected chi connectivity index (χ3v) is 3.50. The van der Waals surface area contributed by atoms with E-state index in [0.29, 0.717) is 6.42 Å². The Labute approximate surface area is 128 Å². The standard InChI is InChI=1S/C16H32N2O3/c17-13-9-5-6-10-14-18-15(19)11-7-3-1-2-4-8-12-16(20)21/h1-14,17H2,(H,18,19)(H,20,21). The van der Waals surface area contributed by atoms with E-state index in [0.717, 1.165) is 77.3 Å². The molecule has 21 heavy (non-hydrogen) atoms. The van der Waals surface area contributed by atoms with Gasteiger partial charge in [-0.1, -0.05) is 38.5 Å². The zero-order chi connectivity index (χ0) is 15.8. The predicted molar refractivity (Wildman–Crippen MR) is 85.1 cm³/mol. The Morgan fingerprint density at radius 1 is 0.762 bits per heavy atom. The number of carboxylic acid groups (broad SMARTS) is 1. The van der Waals surface area contributed by atoms with Crippen molar-refractivity contribution in [3.05, 3.63) is 0 Å². The smallest absolute Gasteiger partial charge is 0.303 e. The number of aliphatic carboxylic acids is 1. The lowest BCUT2D eigenvalue weighted by molar-refractivity contribution is -0.137. The van der Waals surface area contributed by atoms with E-state index in [-0.39, 0.29) is 12.3 Å². The highest BCUT2D eigenvalue weighted by molar-refractivity contribution is 5.75. The van der Waals surface area contributed by atoms with Gasteiger partial charge in [-0.15, -0.1) is 0 Å². The largest absolute Gasteiger partial charge is 0.481 e. The molecule has 0 aromatic rings. The molecule has 4 N–H and O–H groups in total. The lowest BCUT2D eigenvalue weighted by Crippen LogP contribution is -2.23. The molecule has 0 heterocycles. The molecule has 0 aromatic heterocycles. The van der Waals surface area contributed by atoms with Crippen molar-refractivity contribution in [2.24, 2.45) is 5.73 Å². The summed E-state index contributed by atoms with van der Waals surface area (Å²) in [5, 5.41) is 11.4. The molecule has 124 valence electrons. The molecule has 0 spiro atoms. The number of hydrogen-bond acceptors (Lipinski definition) is 3. The minimum absolute atomic E-state index is 0.153. The second-order valence-electron chi connectivity index (χ2n) is 5.57. The Morgan fingerprint density at radius 2 is 1.29 bits per heavy atom. The summed E-state index contributed by atoms with van der Waals surface area (Å²) in [7, 11) is 0. The van der Waals surface area contributed by atoms with Gasteiger partial charge in [0.05, 0.1) is 0 Å². The number of carbonyl (C=O) groups is 2. The van der Waals surface area contributed by atoms with Crippen molar-refractivity contribution >= 4 is 11.9 Å². The topological polar surface area (TPSA) is 92.4 Å². The summed E-state index contributed by atoms with van der Waals surface area (Å²) in [6.45, 7) is 1.53. The SMILES string of the molecule is NCCCCCCNC(=O)CCCCCCCCC(=O)O. The molecule has 0 unspecified atom stereocenters. The number of nitrogens with two attached hydrogens (primary N) is 1. The number of carbonyl (C=O) groups excluding carboxylic acids is 1. The average molecular weight is 300 g/mol. The maximum absolute atomic E-state index is 11.5. The third kappa shape index (κ3) is 16.8. The normalized spacial score (nSPS) is 10.5.